The van der Waals surface area contributed by atoms with Gasteiger partial charge in [-0.15, -0.1) is 5.10 Å². The largest absolute Gasteiger partial charge is 0.365 e. The molecule has 0 saturated heterocycles. The van der Waals surface area contributed by atoms with Gasteiger partial charge in [0.15, 0.2) is 0 Å². The molecule has 3 nitrogen and oxygen atoms in total. The van der Waals surface area contributed by atoms with E-state index < -0.39 is 0 Å². The summed E-state index contributed by atoms with van der Waals surface area (Å²) in [4.78, 5) is 2.37. The molecule has 0 amide bonds. The van der Waals surface area contributed by atoms with Crippen LogP contribution in [0.3, 0.4) is 0 Å². The van der Waals surface area contributed by atoms with Crippen molar-refractivity contribution in [1.29, 1.82) is 0 Å². The van der Waals surface area contributed by atoms with Crippen LogP contribution in [-0.2, 0) is 13.0 Å². The summed E-state index contributed by atoms with van der Waals surface area (Å²) in [7, 11) is 0. The molecule has 2 heterocycles. The van der Waals surface area contributed by atoms with Crippen LogP contribution in [0.2, 0.25) is 4.34 Å². The van der Waals surface area contributed by atoms with Crippen LogP contribution in [0.4, 0.5) is 5.69 Å². The van der Waals surface area contributed by atoms with Crippen LogP contribution in [0.15, 0.2) is 24.3 Å². The van der Waals surface area contributed by atoms with Gasteiger partial charge in [-0.25, -0.2) is 0 Å². The second-order valence-corrected chi connectivity index (χ2v) is 5.86. The predicted octanol–water partition coefficient (Wildman–Crippen LogP) is 3.53. The molecule has 0 bridgehead atoms. The van der Waals surface area contributed by atoms with Crippen LogP contribution in [0, 0.1) is 0 Å². The third-order valence-corrected chi connectivity index (χ3v) is 4.29. The quantitative estimate of drug-likeness (QED) is 0.842. The van der Waals surface area contributed by atoms with Gasteiger partial charge in [0.1, 0.15) is 10.0 Å². The molecule has 0 N–H and O–H groups in total. The molecule has 3 rings (SSSR count). The van der Waals surface area contributed by atoms with Gasteiger partial charge >= 0.3 is 0 Å². The van der Waals surface area contributed by atoms with E-state index in [4.69, 9.17) is 11.6 Å². The first kappa shape index (κ1) is 11.9. The van der Waals surface area contributed by atoms with Crippen molar-refractivity contribution < 1.29 is 0 Å². The van der Waals surface area contributed by atoms with Crippen molar-refractivity contribution in [2.45, 2.75) is 25.8 Å². The second kappa shape index (κ2) is 5.24. The zero-order valence-corrected chi connectivity index (χ0v) is 11.5. The number of benzene rings is 1. The monoisotopic (exact) mass is 279 g/mol. The zero-order valence-electron chi connectivity index (χ0n) is 9.97. The number of hydrogen-bond donors (Lipinski definition) is 0. The van der Waals surface area contributed by atoms with Gasteiger partial charge in [-0.3, -0.25) is 0 Å². The Kier molecular flexibility index (Phi) is 3.48. The van der Waals surface area contributed by atoms with Crippen LogP contribution in [-0.4, -0.2) is 16.1 Å². The summed E-state index contributed by atoms with van der Waals surface area (Å²) in [6.07, 6.45) is 3.62. The standard InChI is InChI=1S/C13H14ClN3S/c14-13-11(15-16-18-13)9-17-8-4-3-6-10-5-1-2-7-12(10)17/h1-2,5,7H,3-4,6,8-9H2. The maximum absolute atomic E-state index is 6.09. The minimum absolute atomic E-state index is 0.705. The molecule has 0 aliphatic carbocycles. The van der Waals surface area contributed by atoms with Gasteiger partial charge in [0.05, 0.1) is 6.54 Å². The Bertz CT molecular complexity index is 541. The molecular weight excluding hydrogens is 266 g/mol. The molecule has 1 aromatic heterocycles. The van der Waals surface area contributed by atoms with E-state index in [9.17, 15) is 0 Å². The summed E-state index contributed by atoms with van der Waals surface area (Å²) in [5, 5.41) is 4.11. The fourth-order valence-electron chi connectivity index (χ4n) is 2.41. The van der Waals surface area contributed by atoms with Crippen LogP contribution in [0.25, 0.3) is 0 Å². The lowest BCUT2D eigenvalue weighted by atomic mass is 10.1. The Hall–Kier alpha value is -1.13. The van der Waals surface area contributed by atoms with Crippen molar-refractivity contribution in [2.75, 3.05) is 11.4 Å². The Morgan fingerprint density at radius 3 is 3.00 bits per heavy atom. The van der Waals surface area contributed by atoms with E-state index in [0.717, 1.165) is 25.2 Å². The highest BCUT2D eigenvalue weighted by Crippen LogP contribution is 2.28. The van der Waals surface area contributed by atoms with E-state index in [1.54, 1.807) is 0 Å². The molecule has 0 saturated carbocycles. The highest BCUT2D eigenvalue weighted by atomic mass is 35.5. The minimum Gasteiger partial charge on any atom is -0.365 e. The molecule has 18 heavy (non-hydrogen) atoms. The summed E-state index contributed by atoms with van der Waals surface area (Å²) in [6.45, 7) is 1.82. The van der Waals surface area contributed by atoms with Crippen LogP contribution < -0.4 is 4.90 Å². The van der Waals surface area contributed by atoms with Crippen LogP contribution >= 0.6 is 23.1 Å². The van der Waals surface area contributed by atoms with E-state index in [1.165, 1.54) is 35.6 Å². The van der Waals surface area contributed by atoms with Crippen molar-refractivity contribution >= 4 is 28.8 Å². The van der Waals surface area contributed by atoms with Gasteiger partial charge in [-0.1, -0.05) is 34.3 Å². The first-order chi connectivity index (χ1) is 8.84. The van der Waals surface area contributed by atoms with Gasteiger partial charge in [0.2, 0.25) is 0 Å². The predicted molar refractivity (Wildman–Crippen MR) is 75.3 cm³/mol. The molecule has 0 fully saturated rings. The number of aryl methyl sites for hydroxylation is 1. The molecular formula is C13H14ClN3S. The number of aromatic nitrogens is 2. The van der Waals surface area contributed by atoms with Gasteiger partial charge in [0, 0.05) is 23.8 Å². The Morgan fingerprint density at radius 1 is 1.28 bits per heavy atom. The molecule has 5 heteroatoms. The van der Waals surface area contributed by atoms with Crippen molar-refractivity contribution in [3.8, 4) is 0 Å². The minimum atomic E-state index is 0.705. The summed E-state index contributed by atoms with van der Waals surface area (Å²) < 4.78 is 4.60. The highest BCUT2D eigenvalue weighted by molar-refractivity contribution is 7.10. The molecule has 0 spiro atoms. The van der Waals surface area contributed by atoms with E-state index in [-0.39, 0.29) is 0 Å². The molecule has 0 atom stereocenters. The maximum atomic E-state index is 6.09. The van der Waals surface area contributed by atoms with Gasteiger partial charge in [-0.05, 0) is 30.9 Å². The summed E-state index contributed by atoms with van der Waals surface area (Å²) >= 11 is 7.35. The normalized spacial score (nSPS) is 15.3. The Balaban J connectivity index is 1.90. The van der Waals surface area contributed by atoms with Crippen molar-refractivity contribution in [3.63, 3.8) is 0 Å². The number of halogens is 1. The van der Waals surface area contributed by atoms with E-state index in [0.29, 0.717) is 4.34 Å². The Morgan fingerprint density at radius 2 is 2.17 bits per heavy atom. The lowest BCUT2D eigenvalue weighted by Crippen LogP contribution is -2.23. The number of rotatable bonds is 2. The molecule has 2 aromatic rings. The van der Waals surface area contributed by atoms with Crippen molar-refractivity contribution in [1.82, 2.24) is 9.59 Å². The van der Waals surface area contributed by atoms with Crippen LogP contribution in [0.5, 0.6) is 0 Å². The lowest BCUT2D eigenvalue weighted by Gasteiger charge is -2.23. The zero-order chi connectivity index (χ0) is 12.4. The average molecular weight is 280 g/mol. The SMILES string of the molecule is Clc1snnc1CN1CCCCc2ccccc21. The highest BCUT2D eigenvalue weighted by Gasteiger charge is 2.17. The third kappa shape index (κ3) is 2.35. The number of hydrogen-bond acceptors (Lipinski definition) is 4. The number of fused-ring (bicyclic) bond motifs is 1. The van der Waals surface area contributed by atoms with Gasteiger partial charge in [-0.2, -0.15) is 0 Å². The molecule has 0 unspecified atom stereocenters. The van der Waals surface area contributed by atoms with Crippen LogP contribution in [0.1, 0.15) is 24.1 Å². The third-order valence-electron chi connectivity index (χ3n) is 3.31. The average Bonchev–Trinajstić information content (AvgIpc) is 2.68. The van der Waals surface area contributed by atoms with E-state index in [2.05, 4.69) is 38.8 Å². The fraction of sp³-hybridized carbons (Fsp3) is 0.385. The molecule has 94 valence electrons. The number of para-hydroxylation sites is 1. The fourth-order valence-corrected chi connectivity index (χ4v) is 3.02. The first-order valence-corrected chi connectivity index (χ1v) is 7.29. The van der Waals surface area contributed by atoms with E-state index >= 15 is 0 Å². The lowest BCUT2D eigenvalue weighted by molar-refractivity contribution is 0.707. The topological polar surface area (TPSA) is 29.0 Å². The number of nitrogens with zero attached hydrogens (tertiary/aromatic N) is 3. The van der Waals surface area contributed by atoms with Crippen molar-refractivity contribution in [2.24, 2.45) is 0 Å². The first-order valence-electron chi connectivity index (χ1n) is 6.14. The van der Waals surface area contributed by atoms with Gasteiger partial charge < -0.3 is 4.90 Å². The smallest absolute Gasteiger partial charge is 0.139 e. The summed E-state index contributed by atoms with van der Waals surface area (Å²) in [5.74, 6) is 0. The molecule has 1 aliphatic heterocycles. The summed E-state index contributed by atoms with van der Waals surface area (Å²) in [5.41, 5.74) is 3.63. The van der Waals surface area contributed by atoms with E-state index in [1.807, 2.05) is 0 Å². The Labute approximate surface area is 116 Å². The van der Waals surface area contributed by atoms with Gasteiger partial charge in [0.25, 0.3) is 0 Å². The second-order valence-electron chi connectivity index (χ2n) is 4.50. The van der Waals surface area contributed by atoms with Crippen molar-refractivity contribution in [3.05, 3.63) is 39.9 Å². The maximum Gasteiger partial charge on any atom is 0.139 e. The number of anilines is 1. The molecule has 1 aromatic carbocycles. The molecule has 1 aliphatic rings. The summed E-state index contributed by atoms with van der Waals surface area (Å²) in [6, 6.07) is 8.61. The molecule has 0 radical (unpaired) electrons.